The topological polar surface area (TPSA) is 65.9 Å². The van der Waals surface area contributed by atoms with Crippen LogP contribution in [0.3, 0.4) is 0 Å². The summed E-state index contributed by atoms with van der Waals surface area (Å²) in [5.74, 6) is 0.330. The van der Waals surface area contributed by atoms with Gasteiger partial charge in [0.05, 0.1) is 0 Å². The van der Waals surface area contributed by atoms with E-state index in [1.807, 2.05) is 7.05 Å². The minimum absolute atomic E-state index is 0.00454. The molecule has 5 heteroatoms. The van der Waals surface area contributed by atoms with E-state index in [9.17, 15) is 0 Å². The Morgan fingerprint density at radius 1 is 1.60 bits per heavy atom. The maximum Gasteiger partial charge on any atom is 0.157 e. The zero-order valence-corrected chi connectivity index (χ0v) is 10.4. The molecule has 0 saturated heterocycles. The van der Waals surface area contributed by atoms with Crippen molar-refractivity contribution in [3.05, 3.63) is 5.56 Å². The Morgan fingerprint density at radius 2 is 2.20 bits per heavy atom. The molecule has 0 radical (unpaired) electrons. The van der Waals surface area contributed by atoms with Gasteiger partial charge in [-0.3, -0.25) is 0 Å². The molecule has 0 saturated carbocycles. The zero-order chi connectivity index (χ0) is 11.6. The van der Waals surface area contributed by atoms with E-state index in [1.54, 1.807) is 0 Å². The van der Waals surface area contributed by atoms with Crippen LogP contribution in [0.4, 0.5) is 10.8 Å². The minimum Gasteiger partial charge on any atom is -0.382 e. The number of hydrogen-bond donors (Lipinski definition) is 1. The van der Waals surface area contributed by atoms with Crippen molar-refractivity contribution in [3.63, 3.8) is 0 Å². The van der Waals surface area contributed by atoms with Crippen LogP contribution in [0, 0.1) is 11.3 Å². The fourth-order valence-corrected chi connectivity index (χ4v) is 2.03. The quantitative estimate of drug-likeness (QED) is 0.855. The standard InChI is InChI=1S/C10H16N4S/c1-5-10(2,3)14(4)9-7(6-11)8(12)13-15-9/h5H2,1-4H3,(H2,12,13). The van der Waals surface area contributed by atoms with E-state index < -0.39 is 0 Å². The maximum atomic E-state index is 8.99. The van der Waals surface area contributed by atoms with Crippen LogP contribution in [0.1, 0.15) is 32.8 Å². The normalized spacial score (nSPS) is 11.1. The van der Waals surface area contributed by atoms with Crippen molar-refractivity contribution in [2.75, 3.05) is 17.7 Å². The average molecular weight is 224 g/mol. The van der Waals surface area contributed by atoms with Crippen LogP contribution >= 0.6 is 11.5 Å². The number of nitrogen functional groups attached to an aromatic ring is 1. The van der Waals surface area contributed by atoms with Gasteiger partial charge >= 0.3 is 0 Å². The first-order valence-corrected chi connectivity index (χ1v) is 5.60. The van der Waals surface area contributed by atoms with Gasteiger partial charge in [0, 0.05) is 12.6 Å². The van der Waals surface area contributed by atoms with Gasteiger partial charge in [-0.2, -0.15) is 9.64 Å². The van der Waals surface area contributed by atoms with Gasteiger partial charge in [0.1, 0.15) is 16.6 Å². The van der Waals surface area contributed by atoms with Crippen molar-refractivity contribution in [3.8, 4) is 6.07 Å². The highest BCUT2D eigenvalue weighted by Gasteiger charge is 2.26. The summed E-state index contributed by atoms with van der Waals surface area (Å²) in [6, 6.07) is 2.10. The minimum atomic E-state index is 0.00454. The third-order valence-electron chi connectivity index (χ3n) is 2.89. The van der Waals surface area contributed by atoms with Gasteiger partial charge in [-0.15, -0.1) is 0 Å². The first kappa shape index (κ1) is 11.8. The molecule has 4 nitrogen and oxygen atoms in total. The highest BCUT2D eigenvalue weighted by Crippen LogP contribution is 2.33. The monoisotopic (exact) mass is 224 g/mol. The molecule has 82 valence electrons. The number of aromatic nitrogens is 1. The van der Waals surface area contributed by atoms with E-state index in [-0.39, 0.29) is 5.54 Å². The Morgan fingerprint density at radius 3 is 2.67 bits per heavy atom. The summed E-state index contributed by atoms with van der Waals surface area (Å²) in [5.41, 5.74) is 6.12. The average Bonchev–Trinajstić information content (AvgIpc) is 2.58. The van der Waals surface area contributed by atoms with E-state index in [4.69, 9.17) is 11.0 Å². The van der Waals surface area contributed by atoms with Crippen molar-refractivity contribution in [1.29, 1.82) is 5.26 Å². The van der Waals surface area contributed by atoms with E-state index in [0.29, 0.717) is 11.4 Å². The maximum absolute atomic E-state index is 8.99. The molecule has 0 aromatic carbocycles. The molecule has 15 heavy (non-hydrogen) atoms. The first-order chi connectivity index (χ1) is 6.94. The highest BCUT2D eigenvalue weighted by atomic mass is 32.1. The SMILES string of the molecule is CCC(C)(C)N(C)c1snc(N)c1C#N. The first-order valence-electron chi connectivity index (χ1n) is 4.83. The van der Waals surface area contributed by atoms with Crippen LogP contribution in [0.25, 0.3) is 0 Å². The summed E-state index contributed by atoms with van der Waals surface area (Å²) < 4.78 is 4.01. The Hall–Kier alpha value is -1.28. The van der Waals surface area contributed by atoms with Crippen LogP contribution in [0.15, 0.2) is 0 Å². The second kappa shape index (κ2) is 4.07. The van der Waals surface area contributed by atoms with Gasteiger partial charge in [-0.25, -0.2) is 0 Å². The molecule has 0 spiro atoms. The summed E-state index contributed by atoms with van der Waals surface area (Å²) >= 11 is 1.28. The van der Waals surface area contributed by atoms with Gasteiger partial charge in [-0.05, 0) is 31.8 Å². The lowest BCUT2D eigenvalue weighted by molar-refractivity contribution is 0.473. The zero-order valence-electron chi connectivity index (χ0n) is 9.53. The van der Waals surface area contributed by atoms with Gasteiger partial charge in [0.15, 0.2) is 5.82 Å². The molecule has 0 aliphatic rings. The van der Waals surface area contributed by atoms with E-state index >= 15 is 0 Å². The van der Waals surface area contributed by atoms with Crippen molar-refractivity contribution in [1.82, 2.24) is 4.37 Å². The van der Waals surface area contributed by atoms with Crippen LogP contribution in [-0.2, 0) is 0 Å². The van der Waals surface area contributed by atoms with Crippen LogP contribution < -0.4 is 10.6 Å². The summed E-state index contributed by atoms with van der Waals surface area (Å²) in [7, 11) is 1.97. The second-order valence-electron chi connectivity index (χ2n) is 4.08. The molecule has 0 atom stereocenters. The van der Waals surface area contributed by atoms with E-state index in [2.05, 4.69) is 36.1 Å². The van der Waals surface area contributed by atoms with Crippen molar-refractivity contribution in [2.24, 2.45) is 0 Å². The lowest BCUT2D eigenvalue weighted by atomic mass is 10.00. The number of rotatable bonds is 3. The molecular formula is C10H16N4S. The largest absolute Gasteiger partial charge is 0.382 e. The van der Waals surface area contributed by atoms with Gasteiger partial charge < -0.3 is 10.6 Å². The van der Waals surface area contributed by atoms with Crippen molar-refractivity contribution >= 4 is 22.4 Å². The Balaban J connectivity index is 3.13. The molecule has 0 bridgehead atoms. The molecule has 0 unspecified atom stereocenters. The van der Waals surface area contributed by atoms with E-state index in [0.717, 1.165) is 11.4 Å². The fraction of sp³-hybridized carbons (Fsp3) is 0.600. The van der Waals surface area contributed by atoms with Crippen molar-refractivity contribution < 1.29 is 0 Å². The fourth-order valence-electron chi connectivity index (χ4n) is 1.14. The lowest BCUT2D eigenvalue weighted by Gasteiger charge is -2.35. The summed E-state index contributed by atoms with van der Waals surface area (Å²) in [5, 5.41) is 9.83. The van der Waals surface area contributed by atoms with Gasteiger partial charge in [-0.1, -0.05) is 6.92 Å². The smallest absolute Gasteiger partial charge is 0.157 e. The summed E-state index contributed by atoms with van der Waals surface area (Å²) in [4.78, 5) is 2.07. The molecular weight excluding hydrogens is 208 g/mol. The lowest BCUT2D eigenvalue weighted by Crippen LogP contribution is -2.40. The summed E-state index contributed by atoms with van der Waals surface area (Å²) in [6.07, 6.45) is 0.992. The molecule has 1 aromatic rings. The van der Waals surface area contributed by atoms with Crippen LogP contribution in [-0.4, -0.2) is 17.0 Å². The number of hydrogen-bond acceptors (Lipinski definition) is 5. The molecule has 0 aliphatic heterocycles. The second-order valence-corrected chi connectivity index (χ2v) is 4.84. The van der Waals surface area contributed by atoms with Crippen LogP contribution in [0.5, 0.6) is 0 Å². The molecule has 1 heterocycles. The molecule has 0 fully saturated rings. The Labute approximate surface area is 94.5 Å². The number of anilines is 2. The molecule has 0 amide bonds. The molecule has 2 N–H and O–H groups in total. The molecule has 0 aliphatic carbocycles. The number of nitrogens with two attached hydrogens (primary N) is 1. The third kappa shape index (κ3) is 2.05. The molecule has 1 aromatic heterocycles. The predicted molar refractivity (Wildman–Crippen MR) is 64.0 cm³/mol. The van der Waals surface area contributed by atoms with Gasteiger partial charge in [0.25, 0.3) is 0 Å². The predicted octanol–water partition coefficient (Wildman–Crippen LogP) is 2.22. The Bertz CT molecular complexity index is 389. The third-order valence-corrected chi connectivity index (χ3v) is 3.83. The van der Waals surface area contributed by atoms with E-state index in [1.165, 1.54) is 11.5 Å². The summed E-state index contributed by atoms with van der Waals surface area (Å²) in [6.45, 7) is 6.38. The number of nitriles is 1. The van der Waals surface area contributed by atoms with Crippen molar-refractivity contribution in [2.45, 2.75) is 32.7 Å². The van der Waals surface area contributed by atoms with Crippen LogP contribution in [0.2, 0.25) is 0 Å². The van der Waals surface area contributed by atoms with Gasteiger partial charge in [0.2, 0.25) is 0 Å². The highest BCUT2D eigenvalue weighted by molar-refractivity contribution is 7.10. The molecule has 1 rings (SSSR count). The Kier molecular flexibility index (Phi) is 3.20. The number of nitrogens with zero attached hydrogens (tertiary/aromatic N) is 3.